The minimum absolute atomic E-state index is 0.211. The molecule has 22 heavy (non-hydrogen) atoms. The summed E-state index contributed by atoms with van der Waals surface area (Å²) >= 11 is 9.69. The molecule has 0 saturated heterocycles. The quantitative estimate of drug-likeness (QED) is 0.254. The maximum absolute atomic E-state index is 11.5. The van der Waals surface area contributed by atoms with Crippen LogP contribution in [-0.4, -0.2) is 40.6 Å². The molecule has 0 aliphatic rings. The first kappa shape index (κ1) is 21.7. The van der Waals surface area contributed by atoms with E-state index in [1.807, 2.05) is 19.9 Å². The van der Waals surface area contributed by atoms with Crippen molar-refractivity contribution in [1.29, 1.82) is 0 Å². The van der Waals surface area contributed by atoms with Crippen molar-refractivity contribution >= 4 is 49.0 Å². The maximum Gasteiger partial charge on any atom is 0.311 e. The van der Waals surface area contributed by atoms with Crippen LogP contribution in [0.1, 0.15) is 40.0 Å². The summed E-state index contributed by atoms with van der Waals surface area (Å²) in [5.74, 6) is 2.74. The number of ether oxygens (including phenoxy) is 2. The van der Waals surface area contributed by atoms with Crippen molar-refractivity contribution in [2.24, 2.45) is 0 Å². The summed E-state index contributed by atoms with van der Waals surface area (Å²) in [5, 5.41) is 0. The van der Waals surface area contributed by atoms with E-state index in [4.69, 9.17) is 9.47 Å². The highest BCUT2D eigenvalue weighted by Gasteiger charge is 2.21. The molecule has 0 bridgehead atoms. The number of thiol groups is 2. The second kappa shape index (κ2) is 12.2. The average Bonchev–Trinajstić information content (AvgIpc) is 2.37. The van der Waals surface area contributed by atoms with Crippen molar-refractivity contribution in [1.82, 2.24) is 0 Å². The van der Waals surface area contributed by atoms with Gasteiger partial charge in [-0.05, 0) is 39.0 Å². The van der Waals surface area contributed by atoms with Gasteiger partial charge >= 0.3 is 11.9 Å². The molecule has 0 rings (SSSR count). The van der Waals surface area contributed by atoms with Gasteiger partial charge in [-0.25, -0.2) is 0 Å². The van der Waals surface area contributed by atoms with Crippen LogP contribution in [0.5, 0.6) is 0 Å². The van der Waals surface area contributed by atoms with Gasteiger partial charge in [-0.15, -0.1) is 0 Å². The van der Waals surface area contributed by atoms with Gasteiger partial charge in [0.1, 0.15) is 11.4 Å². The fourth-order valence-electron chi connectivity index (χ4n) is 1.44. The Balaban J connectivity index is 3.91. The third kappa shape index (κ3) is 12.3. The molecule has 7 heteroatoms. The molecule has 0 heterocycles. The summed E-state index contributed by atoms with van der Waals surface area (Å²) in [4.78, 5) is 22.7. The minimum Gasteiger partial charge on any atom is -0.460 e. The topological polar surface area (TPSA) is 52.6 Å². The van der Waals surface area contributed by atoms with Gasteiger partial charge < -0.3 is 9.47 Å². The molecule has 0 aliphatic heterocycles. The van der Waals surface area contributed by atoms with Gasteiger partial charge in [0.25, 0.3) is 0 Å². The van der Waals surface area contributed by atoms with E-state index in [1.54, 1.807) is 18.7 Å². The highest BCUT2D eigenvalue weighted by Crippen LogP contribution is 2.19. The summed E-state index contributed by atoms with van der Waals surface area (Å²) in [6.45, 7) is 5.58. The van der Waals surface area contributed by atoms with E-state index in [0.717, 1.165) is 17.9 Å². The van der Waals surface area contributed by atoms with E-state index >= 15 is 0 Å². The molecule has 4 nitrogen and oxygen atoms in total. The second-order valence-electron chi connectivity index (χ2n) is 5.29. The smallest absolute Gasteiger partial charge is 0.311 e. The normalized spacial score (nSPS) is 12.1. The predicted molar refractivity (Wildman–Crippen MR) is 98.9 cm³/mol. The molecule has 0 saturated carbocycles. The lowest BCUT2D eigenvalue weighted by molar-refractivity contribution is -0.156. The van der Waals surface area contributed by atoms with Crippen molar-refractivity contribution in [3.8, 4) is 0 Å². The number of thioether (sulfide) groups is 1. The highest BCUT2D eigenvalue weighted by molar-refractivity contribution is 7.99. The average molecular weight is 367 g/mol. The molecule has 0 amide bonds. The zero-order chi connectivity index (χ0) is 17.0. The van der Waals surface area contributed by atoms with E-state index in [-0.39, 0.29) is 11.9 Å². The number of carbonyl (C=O) groups excluding carboxylic acids is 2. The van der Waals surface area contributed by atoms with Crippen LogP contribution in [-0.2, 0) is 19.1 Å². The fraction of sp³-hybridized carbons (Fsp3) is 0.733. The first-order valence-corrected chi connectivity index (χ1v) is 9.61. The van der Waals surface area contributed by atoms with Crippen molar-refractivity contribution in [3.05, 3.63) is 11.8 Å². The summed E-state index contributed by atoms with van der Waals surface area (Å²) in [7, 11) is 0. The van der Waals surface area contributed by atoms with Crippen LogP contribution in [0.15, 0.2) is 11.8 Å². The van der Waals surface area contributed by atoms with Crippen LogP contribution in [0.3, 0.4) is 0 Å². The third-order valence-corrected chi connectivity index (χ3v) is 3.98. The Labute approximate surface area is 148 Å². The van der Waals surface area contributed by atoms with E-state index in [1.165, 1.54) is 0 Å². The first-order valence-electron chi connectivity index (χ1n) is 7.19. The molecule has 0 unspecified atom stereocenters. The van der Waals surface area contributed by atoms with Gasteiger partial charge in [-0.2, -0.15) is 37.0 Å². The SMILES string of the molecule is C/C(=C\CSCCC(C)(C)OC(=O)CCS)OC(=O)CCS. The lowest BCUT2D eigenvalue weighted by Crippen LogP contribution is -2.28. The Morgan fingerprint density at radius 2 is 1.73 bits per heavy atom. The van der Waals surface area contributed by atoms with Crippen molar-refractivity contribution in [2.45, 2.75) is 45.6 Å². The Morgan fingerprint density at radius 3 is 2.32 bits per heavy atom. The summed E-state index contributed by atoms with van der Waals surface area (Å²) in [6, 6.07) is 0. The van der Waals surface area contributed by atoms with Crippen LogP contribution >= 0.6 is 37.0 Å². The number of esters is 2. The number of rotatable bonds is 11. The highest BCUT2D eigenvalue weighted by atomic mass is 32.2. The standard InChI is InChI=1S/C15H26O4S3/c1-12(18-13(16)4-8-20)6-10-22-11-7-15(2,3)19-14(17)5-9-21/h6,20-21H,4-5,7-11H2,1-3H3/b12-6+. The molecule has 128 valence electrons. The predicted octanol–water partition coefficient (Wildman–Crippen LogP) is 3.52. The first-order chi connectivity index (χ1) is 10.3. The lowest BCUT2D eigenvalue weighted by atomic mass is 10.1. The number of hydrogen-bond acceptors (Lipinski definition) is 7. The molecule has 0 spiro atoms. The molecule has 0 radical (unpaired) electrons. The molecule has 0 aliphatic carbocycles. The van der Waals surface area contributed by atoms with Crippen LogP contribution < -0.4 is 0 Å². The van der Waals surface area contributed by atoms with Crippen LogP contribution in [0, 0.1) is 0 Å². The molecule has 0 atom stereocenters. The molecular formula is C15H26O4S3. The molecular weight excluding hydrogens is 340 g/mol. The van der Waals surface area contributed by atoms with E-state index < -0.39 is 5.60 Å². The number of hydrogen-bond donors (Lipinski definition) is 2. The lowest BCUT2D eigenvalue weighted by Gasteiger charge is -2.24. The van der Waals surface area contributed by atoms with Gasteiger partial charge in [0.2, 0.25) is 0 Å². The zero-order valence-electron chi connectivity index (χ0n) is 13.5. The van der Waals surface area contributed by atoms with E-state index in [9.17, 15) is 9.59 Å². The molecule has 0 N–H and O–H groups in total. The third-order valence-electron chi connectivity index (χ3n) is 2.63. The van der Waals surface area contributed by atoms with Gasteiger partial charge in [0.15, 0.2) is 0 Å². The molecule has 0 aromatic rings. The summed E-state index contributed by atoms with van der Waals surface area (Å²) < 4.78 is 10.5. The zero-order valence-corrected chi connectivity index (χ0v) is 16.1. The minimum atomic E-state index is -0.467. The van der Waals surface area contributed by atoms with Crippen molar-refractivity contribution in [2.75, 3.05) is 23.0 Å². The Hall–Kier alpha value is -0.270. The molecule has 0 aromatic carbocycles. The summed E-state index contributed by atoms with van der Waals surface area (Å²) in [6.07, 6.45) is 3.29. The van der Waals surface area contributed by atoms with Gasteiger partial charge in [-0.3, -0.25) is 9.59 Å². The Morgan fingerprint density at radius 1 is 1.14 bits per heavy atom. The monoisotopic (exact) mass is 366 g/mol. The molecule has 0 aromatic heterocycles. The van der Waals surface area contributed by atoms with E-state index in [2.05, 4.69) is 25.3 Å². The number of carbonyl (C=O) groups is 2. The van der Waals surface area contributed by atoms with Crippen molar-refractivity contribution in [3.63, 3.8) is 0 Å². The molecule has 0 fully saturated rings. The van der Waals surface area contributed by atoms with Gasteiger partial charge in [0, 0.05) is 17.3 Å². The van der Waals surface area contributed by atoms with Crippen LogP contribution in [0.25, 0.3) is 0 Å². The van der Waals surface area contributed by atoms with Crippen LogP contribution in [0.2, 0.25) is 0 Å². The van der Waals surface area contributed by atoms with Crippen LogP contribution in [0.4, 0.5) is 0 Å². The Bertz CT molecular complexity index is 381. The Kier molecular flexibility index (Phi) is 12.0. The van der Waals surface area contributed by atoms with E-state index in [0.29, 0.717) is 30.1 Å². The van der Waals surface area contributed by atoms with Crippen molar-refractivity contribution < 1.29 is 19.1 Å². The largest absolute Gasteiger partial charge is 0.460 e. The second-order valence-corrected chi connectivity index (χ2v) is 7.34. The number of allylic oxidation sites excluding steroid dienone is 1. The maximum atomic E-state index is 11.5. The summed E-state index contributed by atoms with van der Waals surface area (Å²) in [5.41, 5.74) is -0.467. The van der Waals surface area contributed by atoms with Gasteiger partial charge in [0.05, 0.1) is 12.8 Å². The van der Waals surface area contributed by atoms with Gasteiger partial charge in [-0.1, -0.05) is 0 Å². The fourth-order valence-corrected chi connectivity index (χ4v) is 2.96.